The van der Waals surface area contributed by atoms with Gasteiger partial charge in [-0.25, -0.2) is 19.6 Å². The molecule has 7 aromatic heterocycles. The molecule has 0 radical (unpaired) electrons. The predicted octanol–water partition coefficient (Wildman–Crippen LogP) is 17.7. The van der Waals surface area contributed by atoms with Gasteiger partial charge in [-0.05, 0) is 121 Å². The largest absolute Gasteiger partial charge is 0.332 e. The SMILES string of the molecule is C.C.C.C.C.C.CC(C)(C)c1ccccn1.CC(C)(C)c1cccnc1.CC(C)(C)c1ccncc1.CC(C)(C)c1nccs1.CC(C)(C)n1cccn1.CC(C)(C)n1ccnc1.CC(C)(C)n1cncn1. The molecule has 0 saturated carbocycles. The highest BCUT2D eigenvalue weighted by atomic mass is 32.1. The lowest BCUT2D eigenvalue weighted by atomic mass is 9.88. The number of aromatic nitrogens is 11. The lowest BCUT2D eigenvalue weighted by Gasteiger charge is -2.19. The first kappa shape index (κ1) is 78.1. The van der Waals surface area contributed by atoms with E-state index in [-0.39, 0.29) is 82.8 Å². The standard InChI is InChI=1S/3C9H13N.2C7H12N2.C7H11NS.C6H11N3.6CH4/c1-9(2,3)8-4-6-10-7-5-8;1-9(2,3)8-5-4-6-10-7-8;1-9(2,3)8-6-4-5-7-10-8;1-7(2,3)9-5-4-8-6-9;1-7(2,3)9-6-4-5-8-9;1-7(2,3)6-8-4-5-9-6;1-6(2,3)9-5-7-4-8-9;;;;;;/h3*4-7H,1-3H3;2*4-6H,1-3H3;2*4-5H,1-3H3;6*1H4. The Labute approximate surface area is 448 Å². The smallest absolute Gasteiger partial charge is 0.137 e. The van der Waals surface area contributed by atoms with E-state index in [4.69, 9.17) is 0 Å². The van der Waals surface area contributed by atoms with E-state index in [0.29, 0.717) is 0 Å². The van der Waals surface area contributed by atoms with Crippen LogP contribution in [0.2, 0.25) is 0 Å². The summed E-state index contributed by atoms with van der Waals surface area (Å²) in [5.41, 5.74) is 5.04. The Morgan fingerprint density at radius 3 is 1.19 bits per heavy atom. The highest BCUT2D eigenvalue weighted by molar-refractivity contribution is 7.09. The number of thiazole rings is 1. The maximum atomic E-state index is 4.25. The second-order valence-electron chi connectivity index (χ2n) is 22.8. The third kappa shape index (κ3) is 33.3. The van der Waals surface area contributed by atoms with Gasteiger partial charge < -0.3 is 4.57 Å². The van der Waals surface area contributed by atoms with E-state index in [1.165, 1.54) is 16.1 Å². The molecule has 0 aromatic carbocycles. The van der Waals surface area contributed by atoms with Gasteiger partial charge >= 0.3 is 0 Å². The molecule has 72 heavy (non-hydrogen) atoms. The average Bonchev–Trinajstić information content (AvgIpc) is 4.07. The zero-order chi connectivity index (χ0) is 50.5. The molecule has 0 unspecified atom stereocenters. The van der Waals surface area contributed by atoms with Gasteiger partial charge in [0, 0.05) is 89.4 Å². The van der Waals surface area contributed by atoms with Crippen molar-refractivity contribution >= 4 is 11.3 Å². The highest BCUT2D eigenvalue weighted by Crippen LogP contribution is 2.24. The first-order chi connectivity index (χ1) is 30.2. The molecular weight excluding hydrogens is 907 g/mol. The van der Waals surface area contributed by atoms with Crippen LogP contribution in [0, 0.1) is 0 Å². The topological polar surface area (TPSA) is 118 Å². The fourth-order valence-electron chi connectivity index (χ4n) is 4.93. The van der Waals surface area contributed by atoms with E-state index >= 15 is 0 Å². The van der Waals surface area contributed by atoms with Crippen molar-refractivity contribution in [3.05, 3.63) is 157 Å². The van der Waals surface area contributed by atoms with Gasteiger partial charge in [-0.2, -0.15) is 10.2 Å². The van der Waals surface area contributed by atoms with E-state index < -0.39 is 0 Å². The van der Waals surface area contributed by atoms with Crippen molar-refractivity contribution in [2.45, 2.75) is 228 Å². The summed E-state index contributed by atoms with van der Waals surface area (Å²) in [6.07, 6.45) is 23.7. The van der Waals surface area contributed by atoms with E-state index in [1.54, 1.807) is 42.6 Å². The Hall–Kier alpha value is -5.36. The lowest BCUT2D eigenvalue weighted by Crippen LogP contribution is -2.21. The first-order valence-corrected chi connectivity index (χ1v) is 23.6. The molecule has 11 nitrogen and oxygen atoms in total. The number of nitrogens with zero attached hydrogens (tertiary/aromatic N) is 11. The van der Waals surface area contributed by atoms with Crippen molar-refractivity contribution in [3.8, 4) is 0 Å². The maximum absolute atomic E-state index is 4.25. The van der Waals surface area contributed by atoms with E-state index in [2.05, 4.69) is 214 Å². The van der Waals surface area contributed by atoms with Crippen molar-refractivity contribution in [2.24, 2.45) is 0 Å². The zero-order valence-corrected chi connectivity index (χ0v) is 45.3. The Morgan fingerprint density at radius 2 is 0.958 bits per heavy atom. The normalized spacial score (nSPS) is 10.7. The van der Waals surface area contributed by atoms with Gasteiger partial charge in [-0.1, -0.05) is 140 Å². The molecule has 0 N–H and O–H groups in total. The van der Waals surface area contributed by atoms with Crippen LogP contribution in [0.1, 0.15) is 212 Å². The van der Waals surface area contributed by atoms with Gasteiger partial charge in [0.05, 0.1) is 22.4 Å². The number of pyridine rings is 3. The zero-order valence-electron chi connectivity index (χ0n) is 44.5. The van der Waals surface area contributed by atoms with Crippen molar-refractivity contribution in [1.29, 1.82) is 0 Å². The molecule has 7 heterocycles. The molecule has 7 rings (SSSR count). The summed E-state index contributed by atoms with van der Waals surface area (Å²) in [7, 11) is 0. The average molecular weight is 1020 g/mol. The molecule has 0 aliphatic rings. The van der Waals surface area contributed by atoms with Crippen LogP contribution in [-0.2, 0) is 38.3 Å². The summed E-state index contributed by atoms with van der Waals surface area (Å²) in [6, 6.07) is 16.1. The summed E-state index contributed by atoms with van der Waals surface area (Å²) >= 11 is 1.72. The van der Waals surface area contributed by atoms with Crippen LogP contribution in [0.25, 0.3) is 0 Å². The summed E-state index contributed by atoms with van der Waals surface area (Å²) in [6.45, 7) is 45.2. The van der Waals surface area contributed by atoms with Crippen LogP contribution < -0.4 is 0 Å². The second kappa shape index (κ2) is 34.9. The van der Waals surface area contributed by atoms with Crippen LogP contribution in [0.5, 0.6) is 0 Å². The van der Waals surface area contributed by atoms with Crippen LogP contribution in [0.4, 0.5) is 0 Å². The van der Waals surface area contributed by atoms with E-state index in [9.17, 15) is 0 Å². The van der Waals surface area contributed by atoms with Crippen molar-refractivity contribution < 1.29 is 0 Å². The van der Waals surface area contributed by atoms with Crippen molar-refractivity contribution in [1.82, 2.24) is 54.0 Å². The molecular formula is C60H109N11S. The molecule has 0 fully saturated rings. The third-order valence-electron chi connectivity index (χ3n) is 9.16. The van der Waals surface area contributed by atoms with Gasteiger partial charge in [-0.15, -0.1) is 11.3 Å². The molecule has 7 aromatic rings. The third-order valence-corrected chi connectivity index (χ3v) is 10.4. The molecule has 0 aliphatic carbocycles. The molecule has 0 saturated heterocycles. The minimum absolute atomic E-state index is 0. The Bertz CT molecular complexity index is 1890. The van der Waals surface area contributed by atoms with Gasteiger partial charge in [-0.3, -0.25) is 19.6 Å². The molecule has 0 spiro atoms. The van der Waals surface area contributed by atoms with E-state index in [1.807, 2.05) is 88.7 Å². The Kier molecular flexibility index (Phi) is 37.9. The highest BCUT2D eigenvalue weighted by Gasteiger charge is 2.17. The lowest BCUT2D eigenvalue weighted by molar-refractivity contribution is 0.354. The summed E-state index contributed by atoms with van der Waals surface area (Å²) in [5.74, 6) is 0. The number of rotatable bonds is 0. The predicted molar refractivity (Wildman–Crippen MR) is 319 cm³/mol. The van der Waals surface area contributed by atoms with Gasteiger partial charge in [0.2, 0.25) is 0 Å². The summed E-state index contributed by atoms with van der Waals surface area (Å²) in [5, 5.41) is 11.3. The van der Waals surface area contributed by atoms with Gasteiger partial charge in [0.25, 0.3) is 0 Å². The van der Waals surface area contributed by atoms with Gasteiger partial charge in [0.1, 0.15) is 12.7 Å². The quantitative estimate of drug-likeness (QED) is 0.147. The molecule has 12 heteroatoms. The Balaban J connectivity index is -0.000000174. The monoisotopic (exact) mass is 1020 g/mol. The van der Waals surface area contributed by atoms with E-state index in [0.717, 1.165) is 5.69 Å². The fourth-order valence-corrected chi connectivity index (χ4v) is 5.66. The minimum Gasteiger partial charge on any atom is -0.332 e. The molecule has 0 atom stereocenters. The van der Waals surface area contributed by atoms with Crippen LogP contribution in [0.15, 0.2) is 135 Å². The maximum Gasteiger partial charge on any atom is 0.137 e. The van der Waals surface area contributed by atoms with Crippen LogP contribution >= 0.6 is 11.3 Å². The molecule has 410 valence electrons. The first-order valence-electron chi connectivity index (χ1n) is 22.7. The molecule has 0 bridgehead atoms. The summed E-state index contributed by atoms with van der Waals surface area (Å²) < 4.78 is 5.84. The van der Waals surface area contributed by atoms with Crippen LogP contribution in [0.3, 0.4) is 0 Å². The van der Waals surface area contributed by atoms with Crippen molar-refractivity contribution in [2.75, 3.05) is 0 Å². The molecule has 0 amide bonds. The number of imidazole rings is 1. The van der Waals surface area contributed by atoms with Crippen molar-refractivity contribution in [3.63, 3.8) is 0 Å². The number of hydrogen-bond donors (Lipinski definition) is 0. The molecule has 0 aliphatic heterocycles. The van der Waals surface area contributed by atoms with Crippen LogP contribution in [-0.4, -0.2) is 54.0 Å². The minimum atomic E-state index is 0. The number of hydrogen-bond acceptors (Lipinski definition) is 9. The Morgan fingerprint density at radius 1 is 0.389 bits per heavy atom. The second-order valence-corrected chi connectivity index (χ2v) is 23.7. The fraction of sp³-hybridized carbons (Fsp3) is 0.567. The summed E-state index contributed by atoms with van der Waals surface area (Å²) in [4.78, 5) is 24.3. The van der Waals surface area contributed by atoms with Gasteiger partial charge in [0.15, 0.2) is 0 Å².